The van der Waals surface area contributed by atoms with Crippen LogP contribution in [0.5, 0.6) is 0 Å². The number of halogens is 3. The Morgan fingerprint density at radius 2 is 1.83 bits per heavy atom. The second kappa shape index (κ2) is 5.12. The molecular formula is C13H13Cl3N2. The summed E-state index contributed by atoms with van der Waals surface area (Å²) in [5.74, 6) is 0.317. The second-order valence-electron chi connectivity index (χ2n) is 4.45. The van der Waals surface area contributed by atoms with Crippen LogP contribution in [0.1, 0.15) is 31.0 Å². The van der Waals surface area contributed by atoms with Crippen LogP contribution in [0.15, 0.2) is 18.2 Å². The minimum absolute atomic E-state index is 0.317. The first kappa shape index (κ1) is 13.7. The van der Waals surface area contributed by atoms with Crippen molar-refractivity contribution >= 4 is 34.8 Å². The van der Waals surface area contributed by atoms with Crippen molar-refractivity contribution in [1.29, 1.82) is 0 Å². The first-order valence-electron chi connectivity index (χ1n) is 5.62. The van der Waals surface area contributed by atoms with Gasteiger partial charge in [0.2, 0.25) is 0 Å². The van der Waals surface area contributed by atoms with E-state index in [-0.39, 0.29) is 0 Å². The largest absolute Gasteiger partial charge is 0.220 e. The van der Waals surface area contributed by atoms with Gasteiger partial charge in [-0.15, -0.1) is 0 Å². The Balaban J connectivity index is 2.62. The van der Waals surface area contributed by atoms with Crippen molar-refractivity contribution in [1.82, 2.24) is 9.78 Å². The quantitative estimate of drug-likeness (QED) is 0.739. The molecule has 0 aliphatic carbocycles. The number of hydrogen-bond acceptors (Lipinski definition) is 1. The summed E-state index contributed by atoms with van der Waals surface area (Å²) in [5.41, 5.74) is 2.70. The fraction of sp³-hybridized carbons (Fsp3) is 0.308. The highest BCUT2D eigenvalue weighted by Crippen LogP contribution is 2.32. The Morgan fingerprint density at radius 1 is 1.17 bits per heavy atom. The number of aryl methyl sites for hydroxylation is 1. The Morgan fingerprint density at radius 3 is 2.33 bits per heavy atom. The highest BCUT2D eigenvalue weighted by atomic mass is 35.5. The molecular weight excluding hydrogens is 291 g/mol. The predicted molar refractivity (Wildman–Crippen MR) is 77.4 cm³/mol. The predicted octanol–water partition coefficient (Wildman–Crippen LogP) is 5.26. The van der Waals surface area contributed by atoms with Crippen molar-refractivity contribution in [3.8, 4) is 5.69 Å². The molecule has 0 saturated carbocycles. The molecule has 0 saturated heterocycles. The zero-order chi connectivity index (χ0) is 13.4. The van der Waals surface area contributed by atoms with Gasteiger partial charge in [-0.05, 0) is 31.0 Å². The van der Waals surface area contributed by atoms with Gasteiger partial charge in [0.15, 0.2) is 0 Å². The molecule has 0 aliphatic rings. The minimum Gasteiger partial charge on any atom is -0.220 e. The summed E-state index contributed by atoms with van der Waals surface area (Å²) >= 11 is 18.4. The molecule has 0 atom stereocenters. The molecule has 0 fully saturated rings. The van der Waals surface area contributed by atoms with E-state index in [4.69, 9.17) is 34.8 Å². The van der Waals surface area contributed by atoms with Crippen molar-refractivity contribution in [3.05, 3.63) is 44.7 Å². The SMILES string of the molecule is Cc1nn(-c2ccc(Cl)cc2Cl)c(Cl)c1C(C)C. The van der Waals surface area contributed by atoms with Gasteiger partial charge in [0, 0.05) is 10.6 Å². The lowest BCUT2D eigenvalue weighted by Crippen LogP contribution is -1.98. The maximum absolute atomic E-state index is 6.38. The lowest BCUT2D eigenvalue weighted by molar-refractivity contribution is 0.857. The molecule has 2 aromatic rings. The van der Waals surface area contributed by atoms with Crippen LogP contribution in [-0.4, -0.2) is 9.78 Å². The number of nitrogens with zero attached hydrogens (tertiary/aromatic N) is 2. The maximum Gasteiger partial charge on any atom is 0.136 e. The van der Waals surface area contributed by atoms with Crippen LogP contribution in [0.4, 0.5) is 0 Å². The molecule has 18 heavy (non-hydrogen) atoms. The molecule has 0 aliphatic heterocycles. The van der Waals surface area contributed by atoms with Gasteiger partial charge in [-0.25, -0.2) is 4.68 Å². The van der Waals surface area contributed by atoms with E-state index in [9.17, 15) is 0 Å². The molecule has 1 heterocycles. The summed E-state index contributed by atoms with van der Waals surface area (Å²) in [4.78, 5) is 0. The maximum atomic E-state index is 6.38. The van der Waals surface area contributed by atoms with Crippen molar-refractivity contribution in [2.24, 2.45) is 0 Å². The van der Waals surface area contributed by atoms with Crippen LogP contribution in [0.3, 0.4) is 0 Å². The first-order valence-corrected chi connectivity index (χ1v) is 6.75. The molecule has 0 amide bonds. The smallest absolute Gasteiger partial charge is 0.136 e. The van der Waals surface area contributed by atoms with Gasteiger partial charge in [-0.1, -0.05) is 48.7 Å². The van der Waals surface area contributed by atoms with E-state index >= 15 is 0 Å². The average molecular weight is 304 g/mol. The van der Waals surface area contributed by atoms with E-state index in [1.54, 1.807) is 16.8 Å². The zero-order valence-electron chi connectivity index (χ0n) is 10.3. The molecule has 1 aromatic carbocycles. The van der Waals surface area contributed by atoms with Crippen LogP contribution in [0.25, 0.3) is 5.69 Å². The van der Waals surface area contributed by atoms with Gasteiger partial charge in [-0.3, -0.25) is 0 Å². The monoisotopic (exact) mass is 302 g/mol. The molecule has 0 radical (unpaired) electrons. The topological polar surface area (TPSA) is 17.8 Å². The molecule has 0 unspecified atom stereocenters. The van der Waals surface area contributed by atoms with Crippen molar-refractivity contribution in [2.45, 2.75) is 26.7 Å². The van der Waals surface area contributed by atoms with E-state index in [1.165, 1.54) is 0 Å². The van der Waals surface area contributed by atoms with Crippen molar-refractivity contribution in [3.63, 3.8) is 0 Å². The Kier molecular flexibility index (Phi) is 3.90. The van der Waals surface area contributed by atoms with Gasteiger partial charge in [-0.2, -0.15) is 5.10 Å². The second-order valence-corrected chi connectivity index (χ2v) is 5.65. The van der Waals surface area contributed by atoms with E-state index in [0.717, 1.165) is 16.9 Å². The fourth-order valence-electron chi connectivity index (χ4n) is 1.98. The third kappa shape index (κ3) is 2.37. The number of aromatic nitrogens is 2. The van der Waals surface area contributed by atoms with Crippen LogP contribution in [0.2, 0.25) is 15.2 Å². The summed E-state index contributed by atoms with van der Waals surface area (Å²) in [7, 11) is 0. The van der Waals surface area contributed by atoms with Gasteiger partial charge >= 0.3 is 0 Å². The molecule has 2 nitrogen and oxygen atoms in total. The van der Waals surface area contributed by atoms with E-state index in [2.05, 4.69) is 18.9 Å². The van der Waals surface area contributed by atoms with Crippen molar-refractivity contribution < 1.29 is 0 Å². The summed E-state index contributed by atoms with van der Waals surface area (Å²) in [6.07, 6.45) is 0. The molecule has 0 bridgehead atoms. The molecule has 2 rings (SSSR count). The molecule has 5 heteroatoms. The minimum atomic E-state index is 0.317. The van der Waals surface area contributed by atoms with Crippen molar-refractivity contribution in [2.75, 3.05) is 0 Å². The van der Waals surface area contributed by atoms with Gasteiger partial charge in [0.1, 0.15) is 5.15 Å². The molecule has 0 spiro atoms. The summed E-state index contributed by atoms with van der Waals surface area (Å²) in [5, 5.41) is 6.17. The standard InChI is InChI=1S/C13H13Cl3N2/c1-7(2)12-8(3)17-18(13(12)16)11-5-4-9(14)6-10(11)15/h4-7H,1-3H3. The lowest BCUT2D eigenvalue weighted by atomic mass is 10.1. The number of hydrogen-bond donors (Lipinski definition) is 0. The third-order valence-corrected chi connectivity index (χ3v) is 3.66. The van der Waals surface area contributed by atoms with Crippen LogP contribution >= 0.6 is 34.8 Å². The first-order chi connectivity index (χ1) is 8.41. The van der Waals surface area contributed by atoms with Gasteiger partial charge in [0.05, 0.1) is 16.4 Å². The average Bonchev–Trinajstić information content (AvgIpc) is 2.54. The Hall–Kier alpha value is -0.700. The van der Waals surface area contributed by atoms with Gasteiger partial charge < -0.3 is 0 Å². The summed E-state index contributed by atoms with van der Waals surface area (Å²) in [6.45, 7) is 6.12. The number of rotatable bonds is 2. The normalized spacial score (nSPS) is 11.3. The van der Waals surface area contributed by atoms with Crippen LogP contribution < -0.4 is 0 Å². The van der Waals surface area contributed by atoms with E-state index in [0.29, 0.717) is 21.1 Å². The molecule has 1 aromatic heterocycles. The number of benzene rings is 1. The van der Waals surface area contributed by atoms with E-state index < -0.39 is 0 Å². The van der Waals surface area contributed by atoms with E-state index in [1.807, 2.05) is 13.0 Å². The summed E-state index contributed by atoms with van der Waals surface area (Å²) in [6, 6.07) is 5.26. The Labute approximate surface area is 121 Å². The lowest BCUT2D eigenvalue weighted by Gasteiger charge is -2.07. The molecule has 0 N–H and O–H groups in total. The summed E-state index contributed by atoms with van der Waals surface area (Å²) < 4.78 is 1.66. The fourth-order valence-corrected chi connectivity index (χ4v) is 2.95. The molecule has 96 valence electrons. The van der Waals surface area contributed by atoms with Crippen LogP contribution in [-0.2, 0) is 0 Å². The third-order valence-electron chi connectivity index (χ3n) is 2.76. The highest BCUT2D eigenvalue weighted by Gasteiger charge is 2.18. The van der Waals surface area contributed by atoms with Gasteiger partial charge in [0.25, 0.3) is 0 Å². The zero-order valence-corrected chi connectivity index (χ0v) is 12.6. The highest BCUT2D eigenvalue weighted by molar-refractivity contribution is 6.36. The Bertz CT molecular complexity index is 588. The van der Waals surface area contributed by atoms with Crippen LogP contribution in [0, 0.1) is 6.92 Å².